The predicted molar refractivity (Wildman–Crippen MR) is 79.7 cm³/mol. The molecule has 5 nitrogen and oxygen atoms in total. The molecular formula is C14H21N3O2S. The van der Waals surface area contributed by atoms with E-state index in [4.69, 9.17) is 0 Å². The molecule has 0 aromatic carbocycles. The number of hydrogen-bond donors (Lipinski definition) is 1. The molecule has 2 unspecified atom stereocenters. The van der Waals surface area contributed by atoms with Crippen molar-refractivity contribution in [1.82, 2.24) is 9.88 Å². The van der Waals surface area contributed by atoms with Crippen LogP contribution < -0.4 is 4.90 Å². The molecule has 110 valence electrons. The number of aliphatic carboxylic acids is 1. The number of anilines is 1. The second kappa shape index (κ2) is 5.33. The molecule has 6 heteroatoms. The number of likely N-dealkylation sites (N-methyl/N-ethyl adjacent to an activating group) is 1. The molecule has 2 heterocycles. The van der Waals surface area contributed by atoms with Gasteiger partial charge in [0.05, 0.1) is 5.69 Å². The van der Waals surface area contributed by atoms with Gasteiger partial charge in [-0.1, -0.05) is 0 Å². The second-order valence-corrected chi connectivity index (χ2v) is 6.95. The summed E-state index contributed by atoms with van der Waals surface area (Å²) in [5.41, 5.74) is 0.822. The Morgan fingerprint density at radius 2 is 2.25 bits per heavy atom. The molecule has 1 fully saturated rings. The van der Waals surface area contributed by atoms with Crippen LogP contribution in [0.2, 0.25) is 0 Å². The minimum atomic E-state index is -0.732. The smallest absolute Gasteiger partial charge is 0.312 e. The highest BCUT2D eigenvalue weighted by atomic mass is 32.1. The molecular weight excluding hydrogens is 274 g/mol. The number of fused-ring (bicyclic) bond motifs is 1. The molecule has 1 N–H and O–H groups in total. The minimum Gasteiger partial charge on any atom is -0.481 e. The molecule has 20 heavy (non-hydrogen) atoms. The van der Waals surface area contributed by atoms with Gasteiger partial charge in [-0.2, -0.15) is 0 Å². The van der Waals surface area contributed by atoms with Crippen molar-refractivity contribution in [2.45, 2.75) is 38.1 Å². The molecule has 1 aromatic heterocycles. The fraction of sp³-hybridized carbons (Fsp3) is 0.714. The van der Waals surface area contributed by atoms with E-state index in [1.54, 1.807) is 11.3 Å². The molecule has 1 aliphatic heterocycles. The Bertz CT molecular complexity index is 517. The standard InChI is InChI=1S/C14H21N3O2S/c1-9-8-16(2)6-3-7-17(9)14-15-12-10(13(18)19)4-5-11(12)20-14/h9-10H,3-8H2,1-2H3,(H,18,19). The summed E-state index contributed by atoms with van der Waals surface area (Å²) >= 11 is 1.70. The summed E-state index contributed by atoms with van der Waals surface area (Å²) in [4.78, 5) is 21.8. The lowest BCUT2D eigenvalue weighted by Gasteiger charge is -2.27. The van der Waals surface area contributed by atoms with E-state index in [-0.39, 0.29) is 5.92 Å². The first-order chi connectivity index (χ1) is 9.56. The van der Waals surface area contributed by atoms with Crippen molar-refractivity contribution in [1.29, 1.82) is 0 Å². The maximum Gasteiger partial charge on any atom is 0.312 e. The first-order valence-corrected chi connectivity index (χ1v) is 8.05. The van der Waals surface area contributed by atoms with Crippen LogP contribution in [0.3, 0.4) is 0 Å². The van der Waals surface area contributed by atoms with E-state index in [1.807, 2.05) is 0 Å². The summed E-state index contributed by atoms with van der Waals surface area (Å²) in [6.07, 6.45) is 2.71. The maximum absolute atomic E-state index is 11.3. The van der Waals surface area contributed by atoms with Crippen LogP contribution in [0.4, 0.5) is 5.13 Å². The quantitative estimate of drug-likeness (QED) is 0.901. The highest BCUT2D eigenvalue weighted by Crippen LogP contribution is 2.40. The van der Waals surface area contributed by atoms with Crippen molar-refractivity contribution >= 4 is 22.4 Å². The summed E-state index contributed by atoms with van der Waals surface area (Å²) in [6.45, 7) is 5.38. The number of thiazole rings is 1. The van der Waals surface area contributed by atoms with Crippen molar-refractivity contribution in [2.24, 2.45) is 0 Å². The van der Waals surface area contributed by atoms with Crippen molar-refractivity contribution in [3.8, 4) is 0 Å². The van der Waals surface area contributed by atoms with Crippen LogP contribution in [-0.4, -0.2) is 53.7 Å². The number of nitrogens with zero attached hydrogens (tertiary/aromatic N) is 3. The third-order valence-corrected chi connectivity index (χ3v) is 5.47. The Morgan fingerprint density at radius 3 is 3.00 bits per heavy atom. The zero-order valence-electron chi connectivity index (χ0n) is 12.0. The lowest BCUT2D eigenvalue weighted by atomic mass is 10.1. The average molecular weight is 295 g/mol. The predicted octanol–water partition coefficient (Wildman–Crippen LogP) is 1.79. The molecule has 2 aliphatic rings. The second-order valence-electron chi connectivity index (χ2n) is 5.89. The molecule has 0 spiro atoms. The Hall–Kier alpha value is -1.14. The van der Waals surface area contributed by atoms with Gasteiger partial charge in [-0.05, 0) is 39.8 Å². The van der Waals surface area contributed by atoms with Gasteiger partial charge < -0.3 is 14.9 Å². The number of hydrogen-bond acceptors (Lipinski definition) is 5. The molecule has 0 saturated carbocycles. The zero-order chi connectivity index (χ0) is 14.3. The summed E-state index contributed by atoms with van der Waals surface area (Å²) < 4.78 is 0. The van der Waals surface area contributed by atoms with Gasteiger partial charge in [0.25, 0.3) is 0 Å². The van der Waals surface area contributed by atoms with Gasteiger partial charge >= 0.3 is 5.97 Å². The monoisotopic (exact) mass is 295 g/mol. The van der Waals surface area contributed by atoms with Crippen LogP contribution in [0.25, 0.3) is 0 Å². The Balaban J connectivity index is 1.85. The number of carboxylic acids is 1. The van der Waals surface area contributed by atoms with Crippen LogP contribution in [0.1, 0.15) is 36.3 Å². The number of aryl methyl sites for hydroxylation is 1. The van der Waals surface area contributed by atoms with Gasteiger partial charge in [-0.15, -0.1) is 11.3 Å². The normalized spacial score (nSPS) is 27.4. The van der Waals surface area contributed by atoms with Crippen molar-refractivity contribution in [3.63, 3.8) is 0 Å². The molecule has 1 saturated heterocycles. The van der Waals surface area contributed by atoms with Crippen LogP contribution in [0.5, 0.6) is 0 Å². The fourth-order valence-corrected chi connectivity index (χ4v) is 4.50. The van der Waals surface area contributed by atoms with Crippen LogP contribution in [0, 0.1) is 0 Å². The van der Waals surface area contributed by atoms with E-state index in [0.29, 0.717) is 12.5 Å². The lowest BCUT2D eigenvalue weighted by molar-refractivity contribution is -0.138. The molecule has 1 aliphatic carbocycles. The summed E-state index contributed by atoms with van der Waals surface area (Å²) in [5, 5.41) is 10.3. The highest BCUT2D eigenvalue weighted by Gasteiger charge is 2.34. The third kappa shape index (κ3) is 2.42. The number of aromatic nitrogens is 1. The summed E-state index contributed by atoms with van der Waals surface area (Å²) in [5.74, 6) is -1.12. The molecule has 3 rings (SSSR count). The molecule has 0 bridgehead atoms. The Labute approximate surface area is 123 Å². The van der Waals surface area contributed by atoms with Gasteiger partial charge in [-0.3, -0.25) is 4.79 Å². The number of carbonyl (C=O) groups is 1. The Morgan fingerprint density at radius 1 is 1.45 bits per heavy atom. The average Bonchev–Trinajstić information content (AvgIpc) is 2.88. The topological polar surface area (TPSA) is 56.7 Å². The van der Waals surface area contributed by atoms with Gasteiger partial charge in [-0.25, -0.2) is 4.98 Å². The Kier molecular flexibility index (Phi) is 3.69. The summed E-state index contributed by atoms with van der Waals surface area (Å²) in [6, 6.07) is 0.428. The maximum atomic E-state index is 11.3. The van der Waals surface area contributed by atoms with Gasteiger partial charge in [0.2, 0.25) is 0 Å². The number of carboxylic acid groups (broad SMARTS) is 1. The third-order valence-electron chi connectivity index (χ3n) is 4.30. The fourth-order valence-electron chi connectivity index (χ4n) is 3.23. The van der Waals surface area contributed by atoms with E-state index in [9.17, 15) is 9.90 Å². The largest absolute Gasteiger partial charge is 0.481 e. The van der Waals surface area contributed by atoms with E-state index >= 15 is 0 Å². The van der Waals surface area contributed by atoms with E-state index in [2.05, 4.69) is 28.8 Å². The number of rotatable bonds is 2. The van der Waals surface area contributed by atoms with E-state index in [1.165, 1.54) is 4.88 Å². The van der Waals surface area contributed by atoms with Crippen molar-refractivity contribution < 1.29 is 9.90 Å². The SMILES string of the molecule is CC1CN(C)CCCN1c1nc2c(s1)CCC2C(=O)O. The lowest BCUT2D eigenvalue weighted by Crippen LogP contribution is -2.37. The summed E-state index contributed by atoms with van der Waals surface area (Å²) in [7, 11) is 2.16. The van der Waals surface area contributed by atoms with Crippen LogP contribution >= 0.6 is 11.3 Å². The van der Waals surface area contributed by atoms with Crippen LogP contribution in [0.15, 0.2) is 0 Å². The van der Waals surface area contributed by atoms with Crippen molar-refractivity contribution in [3.05, 3.63) is 10.6 Å². The van der Waals surface area contributed by atoms with Gasteiger partial charge in [0.1, 0.15) is 5.92 Å². The van der Waals surface area contributed by atoms with E-state index < -0.39 is 5.97 Å². The minimum absolute atomic E-state index is 0.389. The van der Waals surface area contributed by atoms with E-state index in [0.717, 1.165) is 43.3 Å². The molecule has 1 aromatic rings. The molecule has 0 radical (unpaired) electrons. The van der Waals surface area contributed by atoms with Gasteiger partial charge in [0, 0.05) is 24.0 Å². The molecule has 0 amide bonds. The van der Waals surface area contributed by atoms with Crippen molar-refractivity contribution in [2.75, 3.05) is 31.6 Å². The first-order valence-electron chi connectivity index (χ1n) is 7.24. The molecule has 2 atom stereocenters. The van der Waals surface area contributed by atoms with Crippen LogP contribution in [-0.2, 0) is 11.2 Å². The zero-order valence-corrected chi connectivity index (χ0v) is 12.8. The first kappa shape index (κ1) is 13.8. The highest BCUT2D eigenvalue weighted by molar-refractivity contribution is 7.15. The van der Waals surface area contributed by atoms with Gasteiger partial charge in [0.15, 0.2) is 5.13 Å².